The molecular weight excluding hydrogens is 266 g/mol. The highest BCUT2D eigenvalue weighted by Gasteiger charge is 2.41. The molecule has 1 nitrogen and oxygen atoms in total. The molecule has 0 saturated carbocycles. The average Bonchev–Trinajstić information content (AvgIpc) is 2.98. The molecule has 3 atom stereocenters. The first-order valence-corrected chi connectivity index (χ1v) is 8.76. The molecule has 4 rings (SSSR count). The highest BCUT2D eigenvalue weighted by molar-refractivity contribution is 5.44. The Morgan fingerprint density at radius 3 is 2.45 bits per heavy atom. The zero-order valence-corrected chi connectivity index (χ0v) is 13.4. The van der Waals surface area contributed by atoms with Crippen molar-refractivity contribution in [3.63, 3.8) is 0 Å². The van der Waals surface area contributed by atoms with E-state index in [2.05, 4.69) is 66.4 Å². The van der Waals surface area contributed by atoms with Crippen LogP contribution in [-0.4, -0.2) is 24.0 Å². The van der Waals surface area contributed by atoms with Gasteiger partial charge in [-0.2, -0.15) is 0 Å². The molecule has 0 radical (unpaired) electrons. The Kier molecular flexibility index (Phi) is 3.75. The van der Waals surface area contributed by atoms with Crippen LogP contribution in [0.4, 0.5) is 0 Å². The molecule has 114 valence electrons. The summed E-state index contributed by atoms with van der Waals surface area (Å²) in [6, 6.07) is 21.0. The van der Waals surface area contributed by atoms with Crippen LogP contribution in [0.15, 0.2) is 54.6 Å². The minimum Gasteiger partial charge on any atom is -0.300 e. The summed E-state index contributed by atoms with van der Waals surface area (Å²) in [4.78, 5) is 2.75. The quantitative estimate of drug-likeness (QED) is 0.786. The van der Waals surface area contributed by atoms with Gasteiger partial charge in [0.15, 0.2) is 0 Å². The van der Waals surface area contributed by atoms with Crippen molar-refractivity contribution in [2.24, 2.45) is 0 Å². The summed E-state index contributed by atoms with van der Waals surface area (Å²) in [5.74, 6) is 1.32. The summed E-state index contributed by atoms with van der Waals surface area (Å²) in [6.45, 7) is 4.84. The Balaban J connectivity index is 1.76. The second-order valence-corrected chi connectivity index (χ2v) is 6.83. The maximum absolute atomic E-state index is 2.75. The molecule has 0 bridgehead atoms. The third-order valence-corrected chi connectivity index (χ3v) is 5.62. The Bertz CT molecular complexity index is 633. The SMILES string of the molecule is CCCN1CC[C@@H]2c3ccccc3[C@@H](c3ccccc3)C[C@H]21. The molecule has 1 aliphatic heterocycles. The molecule has 0 amide bonds. The number of likely N-dealkylation sites (tertiary alicyclic amines) is 1. The molecule has 0 unspecified atom stereocenters. The van der Waals surface area contributed by atoms with Crippen LogP contribution in [0.2, 0.25) is 0 Å². The van der Waals surface area contributed by atoms with Crippen molar-refractivity contribution < 1.29 is 0 Å². The smallest absolute Gasteiger partial charge is 0.0174 e. The molecule has 1 heteroatoms. The molecule has 0 N–H and O–H groups in total. The first kappa shape index (κ1) is 14.0. The van der Waals surface area contributed by atoms with Crippen molar-refractivity contribution in [3.05, 3.63) is 71.3 Å². The van der Waals surface area contributed by atoms with Gasteiger partial charge in [-0.25, -0.2) is 0 Å². The van der Waals surface area contributed by atoms with Gasteiger partial charge in [0.2, 0.25) is 0 Å². The maximum Gasteiger partial charge on any atom is 0.0174 e. The average molecular weight is 291 g/mol. The fourth-order valence-electron chi connectivity index (χ4n) is 4.69. The molecule has 0 spiro atoms. The Hall–Kier alpha value is -1.60. The topological polar surface area (TPSA) is 3.24 Å². The highest BCUT2D eigenvalue weighted by atomic mass is 15.2. The van der Waals surface area contributed by atoms with Crippen LogP contribution in [0.3, 0.4) is 0 Å². The van der Waals surface area contributed by atoms with Gasteiger partial charge in [-0.05, 0) is 49.0 Å². The summed E-state index contributed by atoms with van der Waals surface area (Å²) in [7, 11) is 0. The lowest BCUT2D eigenvalue weighted by molar-refractivity contribution is 0.220. The van der Waals surface area contributed by atoms with E-state index in [1.165, 1.54) is 37.9 Å². The van der Waals surface area contributed by atoms with E-state index in [0.29, 0.717) is 5.92 Å². The summed E-state index contributed by atoms with van der Waals surface area (Å²) in [6.07, 6.45) is 3.88. The van der Waals surface area contributed by atoms with Gasteiger partial charge in [0.25, 0.3) is 0 Å². The molecular formula is C21H25N. The van der Waals surface area contributed by atoms with Gasteiger partial charge in [0.05, 0.1) is 0 Å². The summed E-state index contributed by atoms with van der Waals surface area (Å²) in [5.41, 5.74) is 4.68. The van der Waals surface area contributed by atoms with E-state index in [9.17, 15) is 0 Å². The molecule has 22 heavy (non-hydrogen) atoms. The highest BCUT2D eigenvalue weighted by Crippen LogP contribution is 2.48. The lowest BCUT2D eigenvalue weighted by Crippen LogP contribution is -2.37. The molecule has 0 aromatic heterocycles. The zero-order chi connectivity index (χ0) is 14.9. The number of rotatable bonds is 3. The van der Waals surface area contributed by atoms with Crippen LogP contribution in [0, 0.1) is 0 Å². The van der Waals surface area contributed by atoms with Crippen molar-refractivity contribution in [1.29, 1.82) is 0 Å². The molecule has 1 fully saturated rings. The normalized spacial score (nSPS) is 27.4. The molecule has 1 saturated heterocycles. The van der Waals surface area contributed by atoms with E-state index < -0.39 is 0 Å². The third-order valence-electron chi connectivity index (χ3n) is 5.62. The summed E-state index contributed by atoms with van der Waals surface area (Å²) < 4.78 is 0. The van der Waals surface area contributed by atoms with E-state index in [-0.39, 0.29) is 0 Å². The minimum absolute atomic E-state index is 0.566. The molecule has 2 aromatic carbocycles. The fourth-order valence-corrected chi connectivity index (χ4v) is 4.69. The largest absolute Gasteiger partial charge is 0.300 e. The minimum atomic E-state index is 0.566. The van der Waals surface area contributed by atoms with Crippen molar-refractivity contribution in [1.82, 2.24) is 4.90 Å². The predicted molar refractivity (Wildman–Crippen MR) is 92.4 cm³/mol. The van der Waals surface area contributed by atoms with Crippen LogP contribution in [-0.2, 0) is 0 Å². The number of benzene rings is 2. The second kappa shape index (κ2) is 5.89. The van der Waals surface area contributed by atoms with Crippen molar-refractivity contribution in [3.8, 4) is 0 Å². The van der Waals surface area contributed by atoms with Crippen LogP contribution < -0.4 is 0 Å². The van der Waals surface area contributed by atoms with Gasteiger partial charge in [-0.15, -0.1) is 0 Å². The molecule has 1 heterocycles. The second-order valence-electron chi connectivity index (χ2n) is 6.83. The monoisotopic (exact) mass is 291 g/mol. The third kappa shape index (κ3) is 2.28. The van der Waals surface area contributed by atoms with Gasteiger partial charge in [-0.1, -0.05) is 61.5 Å². The molecule has 2 aliphatic rings. The van der Waals surface area contributed by atoms with Crippen molar-refractivity contribution in [2.75, 3.05) is 13.1 Å². The van der Waals surface area contributed by atoms with Gasteiger partial charge < -0.3 is 0 Å². The number of hydrogen-bond acceptors (Lipinski definition) is 1. The van der Waals surface area contributed by atoms with Crippen LogP contribution in [0.5, 0.6) is 0 Å². The summed E-state index contributed by atoms with van der Waals surface area (Å²) >= 11 is 0. The lowest BCUT2D eigenvalue weighted by Gasteiger charge is -2.38. The first-order valence-electron chi connectivity index (χ1n) is 8.76. The van der Waals surface area contributed by atoms with E-state index in [4.69, 9.17) is 0 Å². The van der Waals surface area contributed by atoms with Crippen molar-refractivity contribution >= 4 is 0 Å². The zero-order valence-electron chi connectivity index (χ0n) is 13.4. The van der Waals surface area contributed by atoms with E-state index >= 15 is 0 Å². The molecule has 2 aromatic rings. The van der Waals surface area contributed by atoms with Gasteiger partial charge >= 0.3 is 0 Å². The maximum atomic E-state index is 2.75. The van der Waals surface area contributed by atoms with E-state index in [0.717, 1.165) is 12.0 Å². The van der Waals surface area contributed by atoms with Crippen molar-refractivity contribution in [2.45, 2.75) is 44.1 Å². The Morgan fingerprint density at radius 2 is 1.68 bits per heavy atom. The van der Waals surface area contributed by atoms with Crippen LogP contribution >= 0.6 is 0 Å². The Morgan fingerprint density at radius 1 is 0.955 bits per heavy atom. The van der Waals surface area contributed by atoms with Gasteiger partial charge in [0, 0.05) is 17.9 Å². The number of fused-ring (bicyclic) bond motifs is 3. The molecule has 1 aliphatic carbocycles. The summed E-state index contributed by atoms with van der Waals surface area (Å²) in [5, 5.41) is 0. The number of nitrogens with zero attached hydrogens (tertiary/aromatic N) is 1. The lowest BCUT2D eigenvalue weighted by atomic mass is 9.71. The van der Waals surface area contributed by atoms with Gasteiger partial charge in [0.1, 0.15) is 0 Å². The van der Waals surface area contributed by atoms with Gasteiger partial charge in [-0.3, -0.25) is 4.90 Å². The Labute approximate surface area is 134 Å². The first-order chi connectivity index (χ1) is 10.9. The van der Waals surface area contributed by atoms with E-state index in [1.54, 1.807) is 11.1 Å². The predicted octanol–water partition coefficient (Wildman–Crippen LogP) is 4.79. The van der Waals surface area contributed by atoms with E-state index in [1.807, 2.05) is 0 Å². The fraction of sp³-hybridized carbons (Fsp3) is 0.429. The van der Waals surface area contributed by atoms with Crippen LogP contribution in [0.1, 0.15) is 54.7 Å². The number of hydrogen-bond donors (Lipinski definition) is 0. The van der Waals surface area contributed by atoms with Crippen LogP contribution in [0.25, 0.3) is 0 Å². The standard InChI is InChI=1S/C21H25N/c1-2-13-22-14-12-19-17-10-6-7-11-18(17)20(15-21(19)22)16-8-4-3-5-9-16/h3-11,19-21H,2,12-15H2,1H3/t19-,20-,21-/m1/s1.